The monoisotopic (exact) mass is 453 g/mol. The van der Waals surface area contributed by atoms with E-state index in [-0.39, 0.29) is 12.1 Å². The maximum Gasteiger partial charge on any atom is 0.174 e. The Morgan fingerprint density at radius 3 is 2.48 bits per heavy atom. The van der Waals surface area contributed by atoms with Crippen molar-refractivity contribution < 1.29 is 0 Å². The summed E-state index contributed by atoms with van der Waals surface area (Å²) >= 11 is 5.87. The Morgan fingerprint density at radius 1 is 0.970 bits per heavy atom. The number of hydrogen-bond donors (Lipinski definition) is 1. The second kappa shape index (κ2) is 8.79. The largest absolute Gasteiger partial charge is 0.351 e. The van der Waals surface area contributed by atoms with E-state index in [0.717, 1.165) is 23.0 Å². The molecule has 0 unspecified atom stereocenters. The van der Waals surface area contributed by atoms with Gasteiger partial charge in [0.05, 0.1) is 17.8 Å². The molecule has 4 aromatic rings. The fourth-order valence-corrected chi connectivity index (χ4v) is 5.05. The second-order valence-corrected chi connectivity index (χ2v) is 8.99. The van der Waals surface area contributed by atoms with Gasteiger partial charge in [0.1, 0.15) is 0 Å². The number of aryl methyl sites for hydroxylation is 2. The number of thiocarbonyl (C=S) groups is 1. The minimum atomic E-state index is -0.0488. The van der Waals surface area contributed by atoms with Gasteiger partial charge in [-0.1, -0.05) is 29.8 Å². The molecule has 0 aliphatic carbocycles. The fourth-order valence-electron chi connectivity index (χ4n) is 4.70. The summed E-state index contributed by atoms with van der Waals surface area (Å²) in [5.74, 6) is 0. The molecule has 0 amide bonds. The molecule has 1 N–H and O–H groups in total. The molecule has 5 nitrogen and oxygen atoms in total. The molecule has 1 aliphatic heterocycles. The van der Waals surface area contributed by atoms with Crippen LogP contribution in [-0.4, -0.2) is 19.6 Å². The number of aromatic nitrogens is 3. The summed E-state index contributed by atoms with van der Waals surface area (Å²) in [5.41, 5.74) is 8.17. The molecule has 0 spiro atoms. The predicted octanol–water partition coefficient (Wildman–Crippen LogP) is 5.43. The van der Waals surface area contributed by atoms with E-state index in [1.807, 2.05) is 36.8 Å². The molecule has 0 bridgehead atoms. The molecule has 3 aromatic heterocycles. The first-order valence-corrected chi connectivity index (χ1v) is 11.6. The number of anilines is 1. The Bertz CT molecular complexity index is 1270. The summed E-state index contributed by atoms with van der Waals surface area (Å²) in [4.78, 5) is 11.2. The molecule has 1 aliphatic rings. The zero-order chi connectivity index (χ0) is 22.9. The third-order valence-electron chi connectivity index (χ3n) is 6.41. The van der Waals surface area contributed by atoms with Gasteiger partial charge in [0.15, 0.2) is 5.11 Å². The van der Waals surface area contributed by atoms with Gasteiger partial charge < -0.3 is 14.8 Å². The highest BCUT2D eigenvalue weighted by Gasteiger charge is 2.42. The number of pyridine rings is 2. The minimum Gasteiger partial charge on any atom is -0.351 e. The van der Waals surface area contributed by atoms with Crippen molar-refractivity contribution in [3.8, 4) is 0 Å². The average Bonchev–Trinajstić information content (AvgIpc) is 3.32. The highest BCUT2D eigenvalue weighted by Crippen LogP contribution is 2.43. The van der Waals surface area contributed by atoms with Gasteiger partial charge in [-0.05, 0) is 80.5 Å². The standard InChI is InChI=1S/C27H27N5S/c1-18-9-11-22(12-10-18)32-26(25(30-27(32)33)24-8-4-5-14-29-24)23-15-19(2)31(20(23)3)17-21-7-6-13-28-16-21/h4-16,25-26H,17H2,1-3H3,(H,30,33)/t25-,26+/m0/s1. The number of hydrogen-bond acceptors (Lipinski definition) is 3. The number of rotatable bonds is 5. The summed E-state index contributed by atoms with van der Waals surface area (Å²) in [6.07, 6.45) is 5.59. The van der Waals surface area contributed by atoms with Crippen LogP contribution in [-0.2, 0) is 6.54 Å². The Labute approximate surface area is 200 Å². The van der Waals surface area contributed by atoms with Crippen LogP contribution in [0.15, 0.2) is 79.3 Å². The lowest BCUT2D eigenvalue weighted by molar-refractivity contribution is 0.563. The van der Waals surface area contributed by atoms with Crippen molar-refractivity contribution >= 4 is 23.0 Å². The lowest BCUT2D eigenvalue weighted by Crippen LogP contribution is -2.29. The van der Waals surface area contributed by atoms with Crippen LogP contribution in [0.4, 0.5) is 5.69 Å². The van der Waals surface area contributed by atoms with Crippen molar-refractivity contribution in [2.24, 2.45) is 0 Å². The molecule has 1 aromatic carbocycles. The van der Waals surface area contributed by atoms with E-state index in [1.54, 1.807) is 0 Å². The lowest BCUT2D eigenvalue weighted by Gasteiger charge is -2.28. The maximum absolute atomic E-state index is 5.87. The number of benzene rings is 1. The molecular formula is C27H27N5S. The highest BCUT2D eigenvalue weighted by molar-refractivity contribution is 7.80. The van der Waals surface area contributed by atoms with Crippen LogP contribution >= 0.6 is 12.2 Å². The minimum absolute atomic E-state index is 0.0102. The molecule has 0 radical (unpaired) electrons. The van der Waals surface area contributed by atoms with Crippen molar-refractivity contribution in [3.05, 3.63) is 113 Å². The molecule has 2 atom stereocenters. The predicted molar refractivity (Wildman–Crippen MR) is 136 cm³/mol. The molecule has 0 saturated carbocycles. The van der Waals surface area contributed by atoms with Crippen LogP contribution < -0.4 is 10.2 Å². The first-order chi connectivity index (χ1) is 16.0. The molecule has 5 rings (SSSR count). The molecule has 4 heterocycles. The van der Waals surface area contributed by atoms with Crippen LogP contribution in [0.5, 0.6) is 0 Å². The van der Waals surface area contributed by atoms with Gasteiger partial charge in [0, 0.05) is 42.2 Å². The van der Waals surface area contributed by atoms with Crippen molar-refractivity contribution in [1.82, 2.24) is 19.9 Å². The third-order valence-corrected chi connectivity index (χ3v) is 6.72. The summed E-state index contributed by atoms with van der Waals surface area (Å²) in [6.45, 7) is 7.25. The van der Waals surface area contributed by atoms with E-state index in [9.17, 15) is 0 Å². The number of nitrogens with zero attached hydrogens (tertiary/aromatic N) is 4. The molecular weight excluding hydrogens is 426 g/mol. The fraction of sp³-hybridized carbons (Fsp3) is 0.222. The van der Waals surface area contributed by atoms with Crippen LogP contribution in [0.25, 0.3) is 0 Å². The topological polar surface area (TPSA) is 46.0 Å². The summed E-state index contributed by atoms with van der Waals surface area (Å²) in [7, 11) is 0. The second-order valence-electron chi connectivity index (χ2n) is 8.61. The lowest BCUT2D eigenvalue weighted by atomic mass is 9.96. The highest BCUT2D eigenvalue weighted by atomic mass is 32.1. The van der Waals surface area contributed by atoms with E-state index < -0.39 is 0 Å². The van der Waals surface area contributed by atoms with E-state index >= 15 is 0 Å². The van der Waals surface area contributed by atoms with Crippen molar-refractivity contribution in [2.75, 3.05) is 4.90 Å². The summed E-state index contributed by atoms with van der Waals surface area (Å²) in [5, 5.41) is 4.28. The van der Waals surface area contributed by atoms with Gasteiger partial charge in [0.25, 0.3) is 0 Å². The Kier molecular flexibility index (Phi) is 5.68. The molecule has 6 heteroatoms. The molecule has 1 saturated heterocycles. The summed E-state index contributed by atoms with van der Waals surface area (Å²) in [6, 6.07) is 20.9. The van der Waals surface area contributed by atoms with Crippen molar-refractivity contribution in [1.29, 1.82) is 0 Å². The number of nitrogens with one attached hydrogen (secondary N) is 1. The average molecular weight is 454 g/mol. The van der Waals surface area contributed by atoms with E-state index in [4.69, 9.17) is 12.2 Å². The van der Waals surface area contributed by atoms with E-state index in [1.165, 1.54) is 28.1 Å². The quantitative estimate of drug-likeness (QED) is 0.408. The van der Waals surface area contributed by atoms with E-state index in [0.29, 0.717) is 0 Å². The van der Waals surface area contributed by atoms with Crippen molar-refractivity contribution in [2.45, 2.75) is 39.4 Å². The van der Waals surface area contributed by atoms with Gasteiger partial charge in [0.2, 0.25) is 0 Å². The third kappa shape index (κ3) is 4.02. The molecule has 1 fully saturated rings. The van der Waals surface area contributed by atoms with Gasteiger partial charge >= 0.3 is 0 Å². The first kappa shape index (κ1) is 21.3. The van der Waals surface area contributed by atoms with Gasteiger partial charge in [-0.15, -0.1) is 0 Å². The van der Waals surface area contributed by atoms with Crippen LogP contribution in [0.2, 0.25) is 0 Å². The SMILES string of the molecule is Cc1ccc(N2C(=S)N[C@@H](c3ccccn3)[C@H]2c2cc(C)n(Cc3cccnc3)c2C)cc1. The van der Waals surface area contributed by atoms with Gasteiger partial charge in [-0.25, -0.2) is 0 Å². The van der Waals surface area contributed by atoms with Crippen LogP contribution in [0.1, 0.15) is 45.9 Å². The van der Waals surface area contributed by atoms with Crippen molar-refractivity contribution in [3.63, 3.8) is 0 Å². The molecule has 33 heavy (non-hydrogen) atoms. The smallest absolute Gasteiger partial charge is 0.174 e. The van der Waals surface area contributed by atoms with E-state index in [2.05, 4.69) is 88.0 Å². The van der Waals surface area contributed by atoms with Crippen LogP contribution in [0.3, 0.4) is 0 Å². The zero-order valence-electron chi connectivity index (χ0n) is 19.1. The van der Waals surface area contributed by atoms with Gasteiger partial charge in [-0.3, -0.25) is 9.97 Å². The Balaban J connectivity index is 1.62. The summed E-state index contributed by atoms with van der Waals surface area (Å²) < 4.78 is 2.36. The normalized spacial score (nSPS) is 17.9. The molecule has 166 valence electrons. The Hall–Kier alpha value is -3.51. The van der Waals surface area contributed by atoms with Crippen LogP contribution in [0, 0.1) is 20.8 Å². The Morgan fingerprint density at radius 2 is 1.79 bits per heavy atom. The first-order valence-electron chi connectivity index (χ1n) is 11.2. The van der Waals surface area contributed by atoms with Gasteiger partial charge in [-0.2, -0.15) is 0 Å². The maximum atomic E-state index is 5.87. The zero-order valence-corrected chi connectivity index (χ0v) is 19.9.